The van der Waals surface area contributed by atoms with E-state index in [1.807, 2.05) is 0 Å². The molecule has 2 heteroatoms. The summed E-state index contributed by atoms with van der Waals surface area (Å²) in [7, 11) is 2.19. The van der Waals surface area contributed by atoms with Crippen molar-refractivity contribution in [2.24, 2.45) is 11.7 Å². The lowest BCUT2D eigenvalue weighted by molar-refractivity contribution is 0.227. The number of hydrogen-bond acceptors (Lipinski definition) is 2. The van der Waals surface area contributed by atoms with E-state index in [2.05, 4.69) is 18.9 Å². The molecule has 1 aliphatic carbocycles. The molecule has 13 heavy (non-hydrogen) atoms. The van der Waals surface area contributed by atoms with Crippen molar-refractivity contribution in [1.29, 1.82) is 0 Å². The first-order valence-corrected chi connectivity index (χ1v) is 5.62. The normalized spacial score (nSPS) is 22.2. The molecule has 2 nitrogen and oxygen atoms in total. The highest BCUT2D eigenvalue weighted by molar-refractivity contribution is 4.70. The van der Waals surface area contributed by atoms with Crippen molar-refractivity contribution in [3.63, 3.8) is 0 Å². The van der Waals surface area contributed by atoms with Crippen LogP contribution >= 0.6 is 0 Å². The van der Waals surface area contributed by atoms with Gasteiger partial charge in [0.2, 0.25) is 0 Å². The Morgan fingerprint density at radius 2 is 1.92 bits per heavy atom. The van der Waals surface area contributed by atoms with Gasteiger partial charge in [-0.3, -0.25) is 0 Å². The first-order chi connectivity index (χ1) is 6.18. The third-order valence-electron chi connectivity index (χ3n) is 2.89. The molecule has 2 N–H and O–H groups in total. The molecule has 0 amide bonds. The van der Waals surface area contributed by atoms with Crippen molar-refractivity contribution in [2.45, 2.75) is 45.1 Å². The number of nitrogens with zero attached hydrogens (tertiary/aromatic N) is 1. The van der Waals surface area contributed by atoms with Gasteiger partial charge in [-0.15, -0.1) is 0 Å². The first kappa shape index (κ1) is 11.0. The van der Waals surface area contributed by atoms with Crippen LogP contribution in [0.1, 0.15) is 39.0 Å². The first-order valence-electron chi connectivity index (χ1n) is 5.62. The Morgan fingerprint density at radius 1 is 1.31 bits per heavy atom. The van der Waals surface area contributed by atoms with Crippen LogP contribution in [0.15, 0.2) is 0 Å². The fourth-order valence-electron chi connectivity index (χ4n) is 2.38. The summed E-state index contributed by atoms with van der Waals surface area (Å²) in [5, 5.41) is 0. The Kier molecular flexibility index (Phi) is 4.74. The molecule has 0 radical (unpaired) electrons. The number of hydrogen-bond donors (Lipinski definition) is 1. The lowest BCUT2D eigenvalue weighted by atomic mass is 9.89. The zero-order valence-electron chi connectivity index (χ0n) is 9.13. The zero-order chi connectivity index (χ0) is 9.68. The molecule has 1 fully saturated rings. The molecule has 0 saturated heterocycles. The predicted molar refractivity (Wildman–Crippen MR) is 57.7 cm³/mol. The minimum atomic E-state index is 0.314. The third kappa shape index (κ3) is 4.63. The Hall–Kier alpha value is -0.0800. The monoisotopic (exact) mass is 184 g/mol. The third-order valence-corrected chi connectivity index (χ3v) is 2.89. The second-order valence-electron chi connectivity index (χ2n) is 4.70. The Balaban J connectivity index is 2.14. The number of nitrogens with two attached hydrogens (primary N) is 1. The minimum absolute atomic E-state index is 0.314. The van der Waals surface area contributed by atoms with Gasteiger partial charge in [0.05, 0.1) is 0 Å². The minimum Gasteiger partial charge on any atom is -0.327 e. The highest BCUT2D eigenvalue weighted by atomic mass is 15.1. The van der Waals surface area contributed by atoms with E-state index in [9.17, 15) is 0 Å². The lowest BCUT2D eigenvalue weighted by Gasteiger charge is -2.27. The van der Waals surface area contributed by atoms with Crippen molar-refractivity contribution in [3.05, 3.63) is 0 Å². The second kappa shape index (κ2) is 5.61. The van der Waals surface area contributed by atoms with Crippen molar-refractivity contribution in [3.8, 4) is 0 Å². The summed E-state index contributed by atoms with van der Waals surface area (Å²) in [5.41, 5.74) is 5.76. The van der Waals surface area contributed by atoms with Crippen molar-refractivity contribution < 1.29 is 0 Å². The largest absolute Gasteiger partial charge is 0.327 e. The molecule has 0 bridgehead atoms. The SMILES string of the molecule is C[C@H](N)CN(C)CC1CCCCC1. The molecule has 0 aliphatic heterocycles. The van der Waals surface area contributed by atoms with Crippen LogP contribution in [0.4, 0.5) is 0 Å². The van der Waals surface area contributed by atoms with E-state index in [0.29, 0.717) is 6.04 Å². The van der Waals surface area contributed by atoms with Crippen LogP contribution < -0.4 is 5.73 Å². The van der Waals surface area contributed by atoms with E-state index in [1.165, 1.54) is 38.6 Å². The number of likely N-dealkylation sites (N-methyl/N-ethyl adjacent to an activating group) is 1. The Morgan fingerprint density at radius 3 is 2.46 bits per heavy atom. The van der Waals surface area contributed by atoms with Gasteiger partial charge in [-0.05, 0) is 32.7 Å². The van der Waals surface area contributed by atoms with Gasteiger partial charge in [-0.25, -0.2) is 0 Å². The summed E-state index contributed by atoms with van der Waals surface area (Å²) in [6.45, 7) is 4.37. The molecule has 0 aromatic heterocycles. The van der Waals surface area contributed by atoms with E-state index < -0.39 is 0 Å². The van der Waals surface area contributed by atoms with Gasteiger partial charge in [0, 0.05) is 19.1 Å². The molecule has 0 aromatic carbocycles. The van der Waals surface area contributed by atoms with Crippen molar-refractivity contribution in [1.82, 2.24) is 4.90 Å². The van der Waals surface area contributed by atoms with Crippen molar-refractivity contribution >= 4 is 0 Å². The maximum atomic E-state index is 5.76. The molecular formula is C11H24N2. The van der Waals surface area contributed by atoms with Gasteiger partial charge in [0.15, 0.2) is 0 Å². The fraction of sp³-hybridized carbons (Fsp3) is 1.00. The highest BCUT2D eigenvalue weighted by Gasteiger charge is 2.15. The van der Waals surface area contributed by atoms with E-state index >= 15 is 0 Å². The van der Waals surface area contributed by atoms with E-state index in [-0.39, 0.29) is 0 Å². The topological polar surface area (TPSA) is 29.3 Å². The average Bonchev–Trinajstić information content (AvgIpc) is 2.04. The summed E-state index contributed by atoms with van der Waals surface area (Å²) in [4.78, 5) is 2.39. The maximum absolute atomic E-state index is 5.76. The Labute approximate surface area is 82.5 Å². The standard InChI is InChI=1S/C11H24N2/c1-10(12)8-13(2)9-11-6-4-3-5-7-11/h10-11H,3-9,12H2,1-2H3/t10-/m0/s1. The van der Waals surface area contributed by atoms with Gasteiger partial charge in [0.25, 0.3) is 0 Å². The summed E-state index contributed by atoms with van der Waals surface area (Å²) in [5.74, 6) is 0.942. The van der Waals surface area contributed by atoms with Crippen LogP contribution in [0.25, 0.3) is 0 Å². The van der Waals surface area contributed by atoms with E-state index in [4.69, 9.17) is 5.73 Å². The smallest absolute Gasteiger partial charge is 0.0139 e. The van der Waals surface area contributed by atoms with Crippen LogP contribution in [0.5, 0.6) is 0 Å². The quantitative estimate of drug-likeness (QED) is 0.722. The lowest BCUT2D eigenvalue weighted by Crippen LogP contribution is -2.36. The molecule has 0 spiro atoms. The van der Waals surface area contributed by atoms with Gasteiger partial charge < -0.3 is 10.6 Å². The molecule has 1 saturated carbocycles. The van der Waals surface area contributed by atoms with Crippen LogP contribution in [-0.4, -0.2) is 31.1 Å². The van der Waals surface area contributed by atoms with Crippen LogP contribution in [0, 0.1) is 5.92 Å². The second-order valence-corrected chi connectivity index (χ2v) is 4.70. The van der Waals surface area contributed by atoms with Gasteiger partial charge in [-0.1, -0.05) is 19.3 Å². The number of rotatable bonds is 4. The average molecular weight is 184 g/mol. The molecule has 0 unspecified atom stereocenters. The fourth-order valence-corrected chi connectivity index (χ4v) is 2.38. The maximum Gasteiger partial charge on any atom is 0.0139 e. The Bertz CT molecular complexity index is 128. The molecular weight excluding hydrogens is 160 g/mol. The summed E-state index contributed by atoms with van der Waals surface area (Å²) in [6, 6.07) is 0.314. The predicted octanol–water partition coefficient (Wildman–Crippen LogP) is 1.85. The van der Waals surface area contributed by atoms with E-state index in [1.54, 1.807) is 0 Å². The zero-order valence-corrected chi connectivity index (χ0v) is 9.13. The van der Waals surface area contributed by atoms with Crippen LogP contribution in [0.2, 0.25) is 0 Å². The van der Waals surface area contributed by atoms with Gasteiger partial charge in [0.1, 0.15) is 0 Å². The van der Waals surface area contributed by atoms with Crippen LogP contribution in [-0.2, 0) is 0 Å². The van der Waals surface area contributed by atoms with E-state index in [0.717, 1.165) is 12.5 Å². The van der Waals surface area contributed by atoms with Crippen molar-refractivity contribution in [2.75, 3.05) is 20.1 Å². The highest BCUT2D eigenvalue weighted by Crippen LogP contribution is 2.23. The van der Waals surface area contributed by atoms with Gasteiger partial charge >= 0.3 is 0 Å². The van der Waals surface area contributed by atoms with Crippen LogP contribution in [0.3, 0.4) is 0 Å². The molecule has 1 rings (SSSR count). The molecule has 0 aromatic rings. The summed E-state index contributed by atoms with van der Waals surface area (Å²) >= 11 is 0. The molecule has 78 valence electrons. The van der Waals surface area contributed by atoms with Gasteiger partial charge in [-0.2, -0.15) is 0 Å². The molecule has 0 heterocycles. The summed E-state index contributed by atoms with van der Waals surface area (Å²) < 4.78 is 0. The summed E-state index contributed by atoms with van der Waals surface area (Å²) in [6.07, 6.45) is 7.20. The molecule has 1 atom stereocenters. The molecule has 1 aliphatic rings.